The lowest BCUT2D eigenvalue weighted by atomic mass is 10.2. The first-order valence-electron chi connectivity index (χ1n) is 6.99. The second-order valence-corrected chi connectivity index (χ2v) is 5.95. The van der Waals surface area contributed by atoms with E-state index in [0.29, 0.717) is 26.3 Å². The monoisotopic (exact) mass is 379 g/mol. The Morgan fingerprint density at radius 2 is 2.00 bits per heavy atom. The van der Waals surface area contributed by atoms with Crippen molar-refractivity contribution in [2.24, 2.45) is 4.99 Å². The summed E-state index contributed by atoms with van der Waals surface area (Å²) >= 11 is 12.0. The van der Waals surface area contributed by atoms with Gasteiger partial charge in [-0.15, -0.1) is 0 Å². The average Bonchev–Trinajstić information content (AvgIpc) is 2.88. The van der Waals surface area contributed by atoms with E-state index in [4.69, 9.17) is 23.2 Å². The molecule has 1 N–H and O–H groups in total. The second-order valence-electron chi connectivity index (χ2n) is 5.11. The SMILES string of the molecule is Cc1ccc(N=c2c([N+](=O)[O-])nn(-c3cccc(Cl)c3)n2O)cc1Cl. The largest absolute Gasteiger partial charge is 0.438 e. The first-order valence-corrected chi connectivity index (χ1v) is 7.75. The molecule has 8 nitrogen and oxygen atoms in total. The zero-order chi connectivity index (χ0) is 18.1. The van der Waals surface area contributed by atoms with Gasteiger partial charge in [-0.3, -0.25) is 0 Å². The number of nitro groups is 1. The summed E-state index contributed by atoms with van der Waals surface area (Å²) < 4.78 is 0. The summed E-state index contributed by atoms with van der Waals surface area (Å²) in [6.07, 6.45) is 0. The van der Waals surface area contributed by atoms with Crippen LogP contribution in [0.3, 0.4) is 0 Å². The molecule has 0 atom stereocenters. The Balaban J connectivity index is 2.24. The maximum Gasteiger partial charge on any atom is 0.438 e. The first kappa shape index (κ1) is 17.0. The van der Waals surface area contributed by atoms with Crippen molar-refractivity contribution in [1.82, 2.24) is 14.7 Å². The van der Waals surface area contributed by atoms with Crippen molar-refractivity contribution in [2.75, 3.05) is 0 Å². The van der Waals surface area contributed by atoms with E-state index >= 15 is 0 Å². The fourth-order valence-corrected chi connectivity index (χ4v) is 2.47. The Kier molecular flexibility index (Phi) is 4.47. The van der Waals surface area contributed by atoms with Gasteiger partial charge in [-0.2, -0.15) is 0 Å². The molecule has 2 aromatic carbocycles. The molecule has 1 heterocycles. The molecule has 0 spiro atoms. The van der Waals surface area contributed by atoms with Gasteiger partial charge in [-0.1, -0.05) is 40.2 Å². The highest BCUT2D eigenvalue weighted by atomic mass is 35.5. The van der Waals surface area contributed by atoms with Crippen LogP contribution in [-0.4, -0.2) is 24.9 Å². The van der Waals surface area contributed by atoms with Gasteiger partial charge in [0.15, 0.2) is 0 Å². The summed E-state index contributed by atoms with van der Waals surface area (Å²) in [6, 6.07) is 11.2. The molecule has 0 aliphatic rings. The highest BCUT2D eigenvalue weighted by molar-refractivity contribution is 6.31. The van der Waals surface area contributed by atoms with Crippen LogP contribution in [0.2, 0.25) is 10.0 Å². The predicted octanol–water partition coefficient (Wildman–Crippen LogP) is 3.67. The van der Waals surface area contributed by atoms with Crippen molar-refractivity contribution in [1.29, 1.82) is 0 Å². The van der Waals surface area contributed by atoms with E-state index < -0.39 is 10.7 Å². The zero-order valence-electron chi connectivity index (χ0n) is 12.8. The summed E-state index contributed by atoms with van der Waals surface area (Å²) in [5, 5.41) is 26.3. The minimum absolute atomic E-state index is 0.335. The molecule has 1 aromatic heterocycles. The van der Waals surface area contributed by atoms with Gasteiger partial charge in [0.2, 0.25) is 0 Å². The van der Waals surface area contributed by atoms with Crippen LogP contribution in [0.4, 0.5) is 11.5 Å². The zero-order valence-corrected chi connectivity index (χ0v) is 14.3. The predicted molar refractivity (Wildman–Crippen MR) is 91.8 cm³/mol. The molecular weight excluding hydrogens is 369 g/mol. The molecule has 0 saturated heterocycles. The lowest BCUT2D eigenvalue weighted by molar-refractivity contribution is -0.391. The molecule has 0 radical (unpaired) electrons. The van der Waals surface area contributed by atoms with E-state index in [1.807, 2.05) is 6.92 Å². The number of halogens is 2. The van der Waals surface area contributed by atoms with Gasteiger partial charge >= 0.3 is 5.82 Å². The fourth-order valence-electron chi connectivity index (χ4n) is 2.11. The number of benzene rings is 2. The van der Waals surface area contributed by atoms with Crippen LogP contribution in [0.5, 0.6) is 0 Å². The van der Waals surface area contributed by atoms with Crippen LogP contribution in [-0.2, 0) is 0 Å². The molecule has 128 valence electrons. The smallest absolute Gasteiger partial charge is 0.409 e. The summed E-state index contributed by atoms with van der Waals surface area (Å²) in [6.45, 7) is 1.82. The molecule has 0 amide bonds. The van der Waals surface area contributed by atoms with Crippen molar-refractivity contribution in [3.8, 4) is 5.69 Å². The van der Waals surface area contributed by atoms with E-state index in [1.165, 1.54) is 12.1 Å². The minimum atomic E-state index is -0.734. The number of nitrogens with zero attached hydrogens (tertiary/aromatic N) is 5. The lowest BCUT2D eigenvalue weighted by Crippen LogP contribution is -2.22. The Bertz CT molecular complexity index is 1040. The van der Waals surface area contributed by atoms with Gasteiger partial charge in [0.1, 0.15) is 5.69 Å². The van der Waals surface area contributed by atoms with E-state index in [1.54, 1.807) is 30.3 Å². The number of rotatable bonds is 3. The third kappa shape index (κ3) is 3.35. The number of hydrogen-bond acceptors (Lipinski definition) is 5. The number of aryl methyl sites for hydroxylation is 1. The molecular formula is C15H11Cl2N5O3. The van der Waals surface area contributed by atoms with Crippen LogP contribution < -0.4 is 5.49 Å². The molecule has 0 bridgehead atoms. The normalized spacial score (nSPS) is 11.7. The summed E-state index contributed by atoms with van der Waals surface area (Å²) in [7, 11) is 0. The molecule has 0 saturated carbocycles. The fraction of sp³-hybridized carbons (Fsp3) is 0.0667. The second kappa shape index (κ2) is 6.58. The first-order chi connectivity index (χ1) is 11.9. The summed E-state index contributed by atoms with van der Waals surface area (Å²) in [5.41, 5.74) is 1.17. The lowest BCUT2D eigenvalue weighted by Gasteiger charge is -2.00. The topological polar surface area (TPSA) is 98.5 Å². The van der Waals surface area contributed by atoms with Gasteiger partial charge in [0, 0.05) is 10.0 Å². The van der Waals surface area contributed by atoms with Gasteiger partial charge in [0.05, 0.1) is 10.8 Å². The molecule has 0 aliphatic heterocycles. The van der Waals surface area contributed by atoms with Crippen molar-refractivity contribution in [3.63, 3.8) is 0 Å². The Morgan fingerprint density at radius 1 is 1.24 bits per heavy atom. The van der Waals surface area contributed by atoms with Crippen molar-refractivity contribution >= 4 is 34.7 Å². The highest BCUT2D eigenvalue weighted by Gasteiger charge is 2.24. The summed E-state index contributed by atoms with van der Waals surface area (Å²) in [4.78, 5) is 16.1. The molecule has 3 aromatic rings. The van der Waals surface area contributed by atoms with Crippen molar-refractivity contribution in [2.45, 2.75) is 6.92 Å². The van der Waals surface area contributed by atoms with Crippen LogP contribution in [0.1, 0.15) is 5.56 Å². The van der Waals surface area contributed by atoms with Gasteiger partial charge < -0.3 is 15.3 Å². The Morgan fingerprint density at radius 3 is 2.64 bits per heavy atom. The third-order valence-electron chi connectivity index (χ3n) is 3.36. The van der Waals surface area contributed by atoms with Gasteiger partial charge in [0.25, 0.3) is 5.49 Å². The van der Waals surface area contributed by atoms with Gasteiger partial charge in [-0.25, -0.2) is 4.99 Å². The van der Waals surface area contributed by atoms with E-state index in [0.717, 1.165) is 10.4 Å². The molecule has 3 rings (SSSR count). The summed E-state index contributed by atoms with van der Waals surface area (Å²) in [5.74, 6) is -0.612. The van der Waals surface area contributed by atoms with Crippen molar-refractivity contribution in [3.05, 3.63) is 73.7 Å². The standard InChI is InChI=1S/C15H11Cl2N5O3/c1-9-5-6-11(8-13(9)17)18-14-15(22(24)25)19-20(21(14)23)12-4-2-3-10(16)7-12/h2-8,23H,1H3. The van der Waals surface area contributed by atoms with Crippen molar-refractivity contribution < 1.29 is 10.1 Å². The Labute approximate surface area is 151 Å². The highest BCUT2D eigenvalue weighted by Crippen LogP contribution is 2.22. The average molecular weight is 380 g/mol. The maximum absolute atomic E-state index is 11.3. The molecule has 0 unspecified atom stereocenters. The Hall–Kier alpha value is -2.84. The third-order valence-corrected chi connectivity index (χ3v) is 4.00. The molecule has 0 fully saturated rings. The molecule has 10 heteroatoms. The minimum Gasteiger partial charge on any atom is -0.409 e. The van der Waals surface area contributed by atoms with Gasteiger partial charge in [-0.05, 0) is 52.5 Å². The van der Waals surface area contributed by atoms with Crippen LogP contribution in [0.25, 0.3) is 5.69 Å². The quantitative estimate of drug-likeness (QED) is 0.426. The number of aromatic nitrogens is 3. The van der Waals surface area contributed by atoms with Crippen LogP contribution >= 0.6 is 23.2 Å². The van der Waals surface area contributed by atoms with E-state index in [9.17, 15) is 15.3 Å². The van der Waals surface area contributed by atoms with Crippen LogP contribution in [0, 0.1) is 17.0 Å². The molecule has 25 heavy (non-hydrogen) atoms. The van der Waals surface area contributed by atoms with E-state index in [2.05, 4.69) is 10.1 Å². The maximum atomic E-state index is 11.3. The molecule has 0 aliphatic carbocycles. The van der Waals surface area contributed by atoms with Crippen LogP contribution in [0.15, 0.2) is 47.5 Å². The van der Waals surface area contributed by atoms with E-state index in [-0.39, 0.29) is 5.49 Å². The number of hydrogen-bond donors (Lipinski definition) is 1.